The van der Waals surface area contributed by atoms with Crippen molar-refractivity contribution in [3.63, 3.8) is 0 Å². The monoisotopic (exact) mass is 421 g/mol. The van der Waals surface area contributed by atoms with Gasteiger partial charge in [0.15, 0.2) is 11.0 Å². The molecule has 7 nitrogen and oxygen atoms in total. The van der Waals surface area contributed by atoms with Crippen molar-refractivity contribution in [2.24, 2.45) is 0 Å². The molecule has 0 aliphatic carbocycles. The minimum atomic E-state index is 0.544. The van der Waals surface area contributed by atoms with Gasteiger partial charge in [-0.05, 0) is 24.1 Å². The van der Waals surface area contributed by atoms with Gasteiger partial charge in [0.25, 0.3) is 0 Å². The molecule has 2 heterocycles. The van der Waals surface area contributed by atoms with Crippen molar-refractivity contribution >= 4 is 11.8 Å². The highest BCUT2D eigenvalue weighted by molar-refractivity contribution is 7.98. The smallest absolute Gasteiger partial charge is 0.226 e. The Hall–Kier alpha value is -3.13. The van der Waals surface area contributed by atoms with E-state index < -0.39 is 0 Å². The normalized spacial score (nSPS) is 11.0. The molecule has 0 spiro atoms. The van der Waals surface area contributed by atoms with Crippen LogP contribution in [0.2, 0.25) is 0 Å². The zero-order chi connectivity index (χ0) is 20.8. The molecule has 0 amide bonds. The van der Waals surface area contributed by atoms with Gasteiger partial charge in [-0.25, -0.2) is 0 Å². The van der Waals surface area contributed by atoms with Gasteiger partial charge >= 0.3 is 0 Å². The molecule has 0 aliphatic rings. The van der Waals surface area contributed by atoms with Gasteiger partial charge in [0.05, 0.1) is 18.4 Å². The van der Waals surface area contributed by atoms with Gasteiger partial charge in [0, 0.05) is 13.0 Å². The summed E-state index contributed by atoms with van der Waals surface area (Å²) in [5.41, 5.74) is 2.18. The third-order valence-corrected chi connectivity index (χ3v) is 5.62. The highest BCUT2D eigenvalue weighted by Crippen LogP contribution is 2.32. The summed E-state index contributed by atoms with van der Waals surface area (Å²) in [6, 6.07) is 18.3. The standard InChI is InChI=1S/C22H23N5O2S/c1-3-19-23-24-20(29-19)15-30-22-26-25-21(17-11-7-8-12-18(17)28-2)27(22)14-13-16-9-5-4-6-10-16/h4-12H,3,13-15H2,1-2H3. The molecular weight excluding hydrogens is 398 g/mol. The predicted molar refractivity (Wildman–Crippen MR) is 115 cm³/mol. The van der Waals surface area contributed by atoms with E-state index in [2.05, 4.69) is 49.2 Å². The van der Waals surface area contributed by atoms with Crippen molar-refractivity contribution in [1.82, 2.24) is 25.0 Å². The van der Waals surface area contributed by atoms with Gasteiger partial charge in [0.2, 0.25) is 11.8 Å². The second-order valence-electron chi connectivity index (χ2n) is 6.63. The van der Waals surface area contributed by atoms with E-state index in [1.807, 2.05) is 37.3 Å². The van der Waals surface area contributed by atoms with E-state index in [4.69, 9.17) is 9.15 Å². The second kappa shape index (κ2) is 9.58. The van der Waals surface area contributed by atoms with Crippen LogP contribution in [0.15, 0.2) is 64.2 Å². The maximum atomic E-state index is 5.63. The second-order valence-corrected chi connectivity index (χ2v) is 7.57. The highest BCUT2D eigenvalue weighted by Gasteiger charge is 2.18. The molecule has 0 saturated carbocycles. The van der Waals surface area contributed by atoms with Crippen LogP contribution in [-0.2, 0) is 25.1 Å². The first kappa shape index (κ1) is 20.2. The van der Waals surface area contributed by atoms with Crippen LogP contribution in [0.1, 0.15) is 24.3 Å². The van der Waals surface area contributed by atoms with E-state index in [0.717, 1.165) is 41.7 Å². The van der Waals surface area contributed by atoms with Gasteiger partial charge in [-0.3, -0.25) is 0 Å². The molecule has 0 saturated heterocycles. The zero-order valence-corrected chi connectivity index (χ0v) is 17.8. The number of benzene rings is 2. The van der Waals surface area contributed by atoms with Gasteiger partial charge in [0.1, 0.15) is 5.75 Å². The molecule has 0 aliphatic heterocycles. The number of para-hydroxylation sites is 1. The fourth-order valence-electron chi connectivity index (χ4n) is 3.13. The van der Waals surface area contributed by atoms with E-state index in [9.17, 15) is 0 Å². The van der Waals surface area contributed by atoms with Crippen molar-refractivity contribution in [3.8, 4) is 17.1 Å². The number of hydrogen-bond donors (Lipinski definition) is 0. The number of ether oxygens (including phenoxy) is 1. The van der Waals surface area contributed by atoms with E-state index in [-0.39, 0.29) is 0 Å². The van der Waals surface area contributed by atoms with Crippen molar-refractivity contribution in [3.05, 3.63) is 71.9 Å². The van der Waals surface area contributed by atoms with Crippen LogP contribution in [0.4, 0.5) is 0 Å². The largest absolute Gasteiger partial charge is 0.496 e. The summed E-state index contributed by atoms with van der Waals surface area (Å²) in [6.45, 7) is 2.74. The van der Waals surface area contributed by atoms with Gasteiger partial charge in [-0.2, -0.15) is 0 Å². The first-order valence-corrected chi connectivity index (χ1v) is 10.8. The molecule has 2 aromatic heterocycles. The summed E-state index contributed by atoms with van der Waals surface area (Å²) >= 11 is 1.54. The van der Waals surface area contributed by atoms with Crippen LogP contribution in [-0.4, -0.2) is 32.1 Å². The first-order valence-electron chi connectivity index (χ1n) is 9.83. The van der Waals surface area contributed by atoms with Crippen LogP contribution >= 0.6 is 11.8 Å². The predicted octanol–water partition coefficient (Wildman–Crippen LogP) is 4.43. The minimum Gasteiger partial charge on any atom is -0.496 e. The summed E-state index contributed by atoms with van der Waals surface area (Å²) < 4.78 is 13.3. The Balaban J connectivity index is 1.62. The van der Waals surface area contributed by atoms with E-state index in [0.29, 0.717) is 17.5 Å². The Labute approximate surface area is 179 Å². The van der Waals surface area contributed by atoms with Crippen molar-refractivity contribution < 1.29 is 9.15 Å². The number of methoxy groups -OCH3 is 1. The minimum absolute atomic E-state index is 0.544. The molecule has 4 aromatic rings. The Bertz CT molecular complexity index is 1090. The average Bonchev–Trinajstić information content (AvgIpc) is 3.43. The lowest BCUT2D eigenvalue weighted by Crippen LogP contribution is -2.06. The number of rotatable bonds is 9. The molecule has 0 fully saturated rings. The summed E-state index contributed by atoms with van der Waals surface area (Å²) in [5.74, 6) is 3.33. The Morgan fingerprint density at radius 3 is 2.47 bits per heavy atom. The van der Waals surface area contributed by atoms with E-state index in [1.165, 1.54) is 5.56 Å². The van der Waals surface area contributed by atoms with Crippen molar-refractivity contribution in [2.45, 2.75) is 37.2 Å². The first-order chi connectivity index (χ1) is 14.8. The lowest BCUT2D eigenvalue weighted by Gasteiger charge is -2.12. The molecule has 0 radical (unpaired) electrons. The molecule has 0 bridgehead atoms. The molecule has 2 aromatic carbocycles. The van der Waals surface area contributed by atoms with Gasteiger partial charge < -0.3 is 13.7 Å². The average molecular weight is 422 g/mol. The maximum Gasteiger partial charge on any atom is 0.226 e. The summed E-state index contributed by atoms with van der Waals surface area (Å²) in [7, 11) is 1.67. The van der Waals surface area contributed by atoms with Crippen LogP contribution in [0.5, 0.6) is 5.75 Å². The topological polar surface area (TPSA) is 78.9 Å². The number of aromatic nitrogens is 5. The zero-order valence-electron chi connectivity index (χ0n) is 17.0. The Morgan fingerprint density at radius 2 is 1.70 bits per heavy atom. The summed E-state index contributed by atoms with van der Waals surface area (Å²) in [6.07, 6.45) is 1.60. The number of thioether (sulfide) groups is 1. The van der Waals surface area contributed by atoms with E-state index >= 15 is 0 Å². The molecular formula is C22H23N5O2S. The molecule has 30 heavy (non-hydrogen) atoms. The van der Waals surface area contributed by atoms with E-state index in [1.54, 1.807) is 18.9 Å². The van der Waals surface area contributed by atoms with Crippen LogP contribution in [0.3, 0.4) is 0 Å². The van der Waals surface area contributed by atoms with Gasteiger partial charge in [-0.1, -0.05) is 61.2 Å². The number of hydrogen-bond acceptors (Lipinski definition) is 7. The Morgan fingerprint density at radius 1 is 0.933 bits per heavy atom. The van der Waals surface area contributed by atoms with Crippen molar-refractivity contribution in [1.29, 1.82) is 0 Å². The van der Waals surface area contributed by atoms with Gasteiger partial charge in [-0.15, -0.1) is 20.4 Å². The third-order valence-electron chi connectivity index (χ3n) is 4.67. The summed E-state index contributed by atoms with van der Waals surface area (Å²) in [5, 5.41) is 17.9. The quantitative estimate of drug-likeness (QED) is 0.370. The number of aryl methyl sites for hydroxylation is 2. The molecule has 4 rings (SSSR count). The maximum absolute atomic E-state index is 5.63. The number of nitrogens with zero attached hydrogens (tertiary/aromatic N) is 5. The third kappa shape index (κ3) is 4.54. The molecule has 0 atom stereocenters. The molecule has 154 valence electrons. The molecule has 8 heteroatoms. The highest BCUT2D eigenvalue weighted by atomic mass is 32.2. The van der Waals surface area contributed by atoms with Crippen LogP contribution < -0.4 is 4.74 Å². The summed E-state index contributed by atoms with van der Waals surface area (Å²) in [4.78, 5) is 0. The fraction of sp³-hybridized carbons (Fsp3) is 0.273. The SMILES string of the molecule is CCc1nnc(CSc2nnc(-c3ccccc3OC)n2CCc2ccccc2)o1. The lowest BCUT2D eigenvalue weighted by atomic mass is 10.1. The van der Waals surface area contributed by atoms with Crippen LogP contribution in [0, 0.1) is 0 Å². The lowest BCUT2D eigenvalue weighted by molar-refractivity contribution is 0.415. The Kier molecular flexibility index (Phi) is 6.44. The van der Waals surface area contributed by atoms with Crippen LogP contribution in [0.25, 0.3) is 11.4 Å². The fourth-order valence-corrected chi connectivity index (χ4v) is 3.93. The molecule has 0 N–H and O–H groups in total. The molecule has 0 unspecified atom stereocenters. The van der Waals surface area contributed by atoms with Crippen molar-refractivity contribution in [2.75, 3.05) is 7.11 Å².